The minimum absolute atomic E-state index is 0.0130. The van der Waals surface area contributed by atoms with Crippen LogP contribution in [0.4, 0.5) is 4.79 Å². The number of aliphatic hydroxyl groups is 1. The van der Waals surface area contributed by atoms with E-state index in [9.17, 15) is 9.90 Å². The molecule has 3 unspecified atom stereocenters. The fraction of sp³-hybridized carbons (Fsp3) is 0.933. The zero-order chi connectivity index (χ0) is 14.0. The number of carbonyl (C=O) groups is 1. The van der Waals surface area contributed by atoms with Crippen LogP contribution in [-0.4, -0.2) is 41.8 Å². The van der Waals surface area contributed by atoms with Crippen molar-refractivity contribution < 1.29 is 9.90 Å². The third-order valence-corrected chi connectivity index (χ3v) is 5.03. The Labute approximate surface area is 116 Å². The minimum atomic E-state index is -0.224. The highest BCUT2D eigenvalue weighted by molar-refractivity contribution is 5.74. The molecule has 2 fully saturated rings. The monoisotopic (exact) mass is 268 g/mol. The number of urea groups is 1. The molecule has 4 nitrogen and oxygen atoms in total. The lowest BCUT2D eigenvalue weighted by Crippen LogP contribution is -2.48. The summed E-state index contributed by atoms with van der Waals surface area (Å²) >= 11 is 0. The SMILES string of the molecule is CN(CC1CCCC1O)C(=O)NC1CCCC1(C)C. The fourth-order valence-electron chi connectivity index (χ4n) is 3.52. The molecule has 3 atom stereocenters. The standard InChI is InChI=1S/C15H28N2O2/c1-15(2)9-5-8-13(15)16-14(19)17(3)10-11-6-4-7-12(11)18/h11-13,18H,4-10H2,1-3H3,(H,16,19). The quantitative estimate of drug-likeness (QED) is 0.825. The molecule has 0 radical (unpaired) electrons. The van der Waals surface area contributed by atoms with Gasteiger partial charge in [0.1, 0.15) is 0 Å². The van der Waals surface area contributed by atoms with Gasteiger partial charge in [-0.2, -0.15) is 0 Å². The third kappa shape index (κ3) is 3.41. The van der Waals surface area contributed by atoms with E-state index >= 15 is 0 Å². The Morgan fingerprint density at radius 2 is 2.05 bits per heavy atom. The Balaban J connectivity index is 1.82. The summed E-state index contributed by atoms with van der Waals surface area (Å²) in [5.74, 6) is 0.257. The second-order valence-corrected chi connectivity index (χ2v) is 7.02. The van der Waals surface area contributed by atoms with E-state index in [1.807, 2.05) is 7.05 Å². The molecule has 4 heteroatoms. The molecular formula is C15H28N2O2. The average Bonchev–Trinajstić information content (AvgIpc) is 2.86. The number of carbonyl (C=O) groups excluding carboxylic acids is 1. The lowest BCUT2D eigenvalue weighted by atomic mass is 9.87. The molecule has 2 aliphatic carbocycles. The van der Waals surface area contributed by atoms with Gasteiger partial charge in [-0.3, -0.25) is 0 Å². The van der Waals surface area contributed by atoms with Crippen molar-refractivity contribution in [3.8, 4) is 0 Å². The molecule has 2 rings (SSSR count). The summed E-state index contributed by atoms with van der Waals surface area (Å²) in [7, 11) is 1.84. The van der Waals surface area contributed by atoms with Gasteiger partial charge in [0.25, 0.3) is 0 Å². The summed E-state index contributed by atoms with van der Waals surface area (Å²) in [6, 6.07) is 0.301. The van der Waals surface area contributed by atoms with Crippen molar-refractivity contribution in [2.75, 3.05) is 13.6 Å². The Bertz CT molecular complexity index is 330. The first-order valence-corrected chi connectivity index (χ1v) is 7.60. The van der Waals surface area contributed by atoms with Crippen molar-refractivity contribution in [1.82, 2.24) is 10.2 Å². The molecule has 2 aliphatic rings. The van der Waals surface area contributed by atoms with E-state index in [1.165, 1.54) is 12.8 Å². The number of rotatable bonds is 3. The van der Waals surface area contributed by atoms with Crippen LogP contribution in [0.3, 0.4) is 0 Å². The highest BCUT2D eigenvalue weighted by atomic mass is 16.3. The van der Waals surface area contributed by atoms with E-state index in [0.29, 0.717) is 6.54 Å². The van der Waals surface area contributed by atoms with Crippen LogP contribution in [0, 0.1) is 11.3 Å². The average molecular weight is 268 g/mol. The summed E-state index contributed by atoms with van der Waals surface area (Å²) in [4.78, 5) is 14.0. The normalized spacial score (nSPS) is 33.4. The number of hydrogen-bond acceptors (Lipinski definition) is 2. The van der Waals surface area contributed by atoms with Crippen molar-refractivity contribution in [2.24, 2.45) is 11.3 Å². The van der Waals surface area contributed by atoms with Gasteiger partial charge in [0.15, 0.2) is 0 Å². The topological polar surface area (TPSA) is 52.6 Å². The first kappa shape index (κ1) is 14.6. The van der Waals surface area contributed by atoms with Gasteiger partial charge in [-0.05, 0) is 31.1 Å². The smallest absolute Gasteiger partial charge is 0.317 e. The Morgan fingerprint density at radius 3 is 2.58 bits per heavy atom. The molecule has 0 saturated heterocycles. The first-order valence-electron chi connectivity index (χ1n) is 7.60. The maximum Gasteiger partial charge on any atom is 0.317 e. The van der Waals surface area contributed by atoms with Crippen molar-refractivity contribution in [1.29, 1.82) is 0 Å². The number of aliphatic hydroxyl groups excluding tert-OH is 1. The Hall–Kier alpha value is -0.770. The molecule has 0 spiro atoms. The predicted octanol–water partition coefficient (Wildman–Crippen LogP) is 2.37. The van der Waals surface area contributed by atoms with E-state index in [4.69, 9.17) is 0 Å². The number of nitrogens with zero attached hydrogens (tertiary/aromatic N) is 1. The zero-order valence-corrected chi connectivity index (χ0v) is 12.5. The zero-order valence-electron chi connectivity index (χ0n) is 12.5. The van der Waals surface area contributed by atoms with Gasteiger partial charge in [0.2, 0.25) is 0 Å². The van der Waals surface area contributed by atoms with Gasteiger partial charge in [0, 0.05) is 25.6 Å². The van der Waals surface area contributed by atoms with E-state index in [-0.39, 0.29) is 29.5 Å². The van der Waals surface area contributed by atoms with Crippen LogP contribution in [0.2, 0.25) is 0 Å². The highest BCUT2D eigenvalue weighted by Crippen LogP contribution is 2.37. The minimum Gasteiger partial charge on any atom is -0.393 e. The van der Waals surface area contributed by atoms with Gasteiger partial charge in [-0.1, -0.05) is 26.7 Å². The third-order valence-electron chi connectivity index (χ3n) is 5.03. The molecule has 0 aliphatic heterocycles. The van der Waals surface area contributed by atoms with Gasteiger partial charge >= 0.3 is 6.03 Å². The second-order valence-electron chi connectivity index (χ2n) is 7.02. The van der Waals surface area contributed by atoms with E-state index in [1.54, 1.807) is 4.90 Å². The maximum absolute atomic E-state index is 12.2. The summed E-state index contributed by atoms with van der Waals surface area (Å²) in [5, 5.41) is 13.0. The summed E-state index contributed by atoms with van der Waals surface area (Å²) < 4.78 is 0. The fourth-order valence-corrected chi connectivity index (χ4v) is 3.52. The van der Waals surface area contributed by atoms with Crippen molar-refractivity contribution in [3.05, 3.63) is 0 Å². The molecule has 0 bridgehead atoms. The van der Waals surface area contributed by atoms with Gasteiger partial charge in [-0.15, -0.1) is 0 Å². The highest BCUT2D eigenvalue weighted by Gasteiger charge is 2.36. The molecule has 0 aromatic rings. The predicted molar refractivity (Wildman–Crippen MR) is 75.9 cm³/mol. The molecule has 0 aromatic heterocycles. The summed E-state index contributed by atoms with van der Waals surface area (Å²) in [6.45, 7) is 5.12. The first-order chi connectivity index (χ1) is 8.90. The largest absolute Gasteiger partial charge is 0.393 e. The maximum atomic E-state index is 12.2. The van der Waals surface area contributed by atoms with Gasteiger partial charge < -0.3 is 15.3 Å². The van der Waals surface area contributed by atoms with Crippen molar-refractivity contribution in [2.45, 2.75) is 64.5 Å². The summed E-state index contributed by atoms with van der Waals surface area (Å²) in [6.07, 6.45) is 6.24. The number of hydrogen-bond donors (Lipinski definition) is 2. The van der Waals surface area contributed by atoms with E-state index in [2.05, 4.69) is 19.2 Å². The Morgan fingerprint density at radius 1 is 1.32 bits per heavy atom. The second kappa shape index (κ2) is 5.70. The number of amides is 2. The van der Waals surface area contributed by atoms with Crippen LogP contribution in [-0.2, 0) is 0 Å². The molecule has 2 amide bonds. The van der Waals surface area contributed by atoms with Gasteiger partial charge in [-0.25, -0.2) is 4.79 Å². The van der Waals surface area contributed by atoms with Crippen LogP contribution in [0.15, 0.2) is 0 Å². The van der Waals surface area contributed by atoms with E-state index in [0.717, 1.165) is 25.7 Å². The molecular weight excluding hydrogens is 240 g/mol. The van der Waals surface area contributed by atoms with Gasteiger partial charge in [0.05, 0.1) is 6.10 Å². The lowest BCUT2D eigenvalue weighted by molar-refractivity contribution is 0.112. The molecule has 2 N–H and O–H groups in total. The molecule has 0 heterocycles. The molecule has 19 heavy (non-hydrogen) atoms. The van der Waals surface area contributed by atoms with E-state index < -0.39 is 0 Å². The van der Waals surface area contributed by atoms with Crippen LogP contribution in [0.25, 0.3) is 0 Å². The molecule has 0 aromatic carbocycles. The lowest BCUT2D eigenvalue weighted by Gasteiger charge is -2.31. The Kier molecular flexibility index (Phi) is 4.39. The number of nitrogens with one attached hydrogen (secondary N) is 1. The molecule has 2 saturated carbocycles. The van der Waals surface area contributed by atoms with Crippen LogP contribution in [0.1, 0.15) is 52.4 Å². The summed E-state index contributed by atoms with van der Waals surface area (Å²) in [5.41, 5.74) is 0.212. The van der Waals surface area contributed by atoms with Crippen LogP contribution in [0.5, 0.6) is 0 Å². The van der Waals surface area contributed by atoms with Crippen LogP contribution < -0.4 is 5.32 Å². The van der Waals surface area contributed by atoms with Crippen molar-refractivity contribution in [3.63, 3.8) is 0 Å². The van der Waals surface area contributed by atoms with Crippen LogP contribution >= 0.6 is 0 Å². The molecule has 110 valence electrons. The van der Waals surface area contributed by atoms with Crippen molar-refractivity contribution >= 4 is 6.03 Å².